The summed E-state index contributed by atoms with van der Waals surface area (Å²) in [7, 11) is 0. The fraction of sp³-hybridized carbons (Fsp3) is 0.516. The van der Waals surface area contributed by atoms with E-state index >= 15 is 0 Å². The second-order valence-corrected chi connectivity index (χ2v) is 11.5. The molecule has 1 aromatic carbocycles. The van der Waals surface area contributed by atoms with Crippen LogP contribution in [0.2, 0.25) is 0 Å². The lowest BCUT2D eigenvalue weighted by molar-refractivity contribution is -0.142. The molecule has 222 valence electrons. The normalized spacial score (nSPS) is 17.7. The lowest BCUT2D eigenvalue weighted by Crippen LogP contribution is -2.46. The van der Waals surface area contributed by atoms with Crippen LogP contribution in [-0.4, -0.2) is 58.8 Å². The first kappa shape index (κ1) is 31.6. The average molecular weight is 568 g/mol. The van der Waals surface area contributed by atoms with Crippen LogP contribution >= 0.6 is 0 Å². The highest BCUT2D eigenvalue weighted by molar-refractivity contribution is 5.88. The van der Waals surface area contributed by atoms with Crippen LogP contribution in [-0.2, 0) is 25.5 Å². The van der Waals surface area contributed by atoms with Crippen molar-refractivity contribution in [1.29, 1.82) is 0 Å². The Labute approximate surface area is 241 Å². The van der Waals surface area contributed by atoms with Gasteiger partial charge in [-0.25, -0.2) is 19.4 Å². The van der Waals surface area contributed by atoms with Crippen molar-refractivity contribution in [1.82, 2.24) is 15.6 Å². The first-order valence-electron chi connectivity index (χ1n) is 14.1. The van der Waals surface area contributed by atoms with Gasteiger partial charge < -0.3 is 25.2 Å². The van der Waals surface area contributed by atoms with Gasteiger partial charge in [-0.2, -0.15) is 0 Å². The second kappa shape index (κ2) is 14.1. The Kier molecular flexibility index (Phi) is 10.9. The number of esters is 1. The molecule has 2 aromatic rings. The maximum atomic E-state index is 12.9. The molecule has 1 aliphatic carbocycles. The molecule has 1 aliphatic rings. The van der Waals surface area contributed by atoms with Gasteiger partial charge in [0.2, 0.25) is 5.91 Å². The number of aromatic nitrogens is 1. The summed E-state index contributed by atoms with van der Waals surface area (Å²) in [5, 5.41) is 15.3. The SMILES string of the molecule is CCOC(=O)c1ccc(-c2ccc(C[C@H](NC(=O)[C@H]3CC[C@H](CNC(=O)OC(C)(C)C)CC3)C(=O)O)cc2)c(C)n1. The van der Waals surface area contributed by atoms with Gasteiger partial charge >= 0.3 is 18.0 Å². The quantitative estimate of drug-likeness (QED) is 0.351. The third-order valence-corrected chi connectivity index (χ3v) is 7.04. The molecule has 41 heavy (non-hydrogen) atoms. The first-order chi connectivity index (χ1) is 19.4. The molecule has 1 fully saturated rings. The van der Waals surface area contributed by atoms with Crippen molar-refractivity contribution in [2.75, 3.05) is 13.2 Å². The van der Waals surface area contributed by atoms with Crippen LogP contribution in [0.1, 0.15) is 75.1 Å². The number of carboxylic acid groups (broad SMARTS) is 1. The van der Waals surface area contributed by atoms with Crippen LogP contribution in [0.3, 0.4) is 0 Å². The molecular formula is C31H41N3O7. The number of aliphatic carboxylic acids is 1. The van der Waals surface area contributed by atoms with Gasteiger partial charge in [-0.05, 0) is 83.4 Å². The van der Waals surface area contributed by atoms with E-state index in [2.05, 4.69) is 15.6 Å². The number of aryl methyl sites for hydroxylation is 1. The predicted octanol–water partition coefficient (Wildman–Crippen LogP) is 4.68. The minimum atomic E-state index is -1.09. The molecule has 0 unspecified atom stereocenters. The van der Waals surface area contributed by atoms with Gasteiger partial charge in [0, 0.05) is 30.1 Å². The highest BCUT2D eigenvalue weighted by Crippen LogP contribution is 2.29. The van der Waals surface area contributed by atoms with Crippen LogP contribution in [0.15, 0.2) is 36.4 Å². The predicted molar refractivity (Wildman–Crippen MR) is 153 cm³/mol. The Morgan fingerprint density at radius 3 is 2.24 bits per heavy atom. The Balaban J connectivity index is 1.53. The molecule has 10 heteroatoms. The number of carbonyl (C=O) groups excluding carboxylic acids is 3. The van der Waals surface area contributed by atoms with E-state index in [1.807, 2.05) is 58.0 Å². The molecule has 3 rings (SSSR count). The van der Waals surface area contributed by atoms with Gasteiger partial charge in [-0.15, -0.1) is 0 Å². The molecule has 1 atom stereocenters. The molecule has 2 amide bonds. The van der Waals surface area contributed by atoms with Crippen LogP contribution in [0.5, 0.6) is 0 Å². The van der Waals surface area contributed by atoms with Crippen LogP contribution in [0.4, 0.5) is 4.79 Å². The number of carboxylic acids is 1. The van der Waals surface area contributed by atoms with Gasteiger partial charge in [0.05, 0.1) is 6.61 Å². The highest BCUT2D eigenvalue weighted by atomic mass is 16.6. The minimum absolute atomic E-state index is 0.148. The minimum Gasteiger partial charge on any atom is -0.480 e. The summed E-state index contributed by atoms with van der Waals surface area (Å²) in [6.45, 7) is 9.74. The van der Waals surface area contributed by atoms with Gasteiger partial charge in [0.15, 0.2) is 0 Å². The number of rotatable bonds is 10. The van der Waals surface area contributed by atoms with Crippen molar-refractivity contribution in [2.45, 2.75) is 78.4 Å². The van der Waals surface area contributed by atoms with E-state index in [9.17, 15) is 24.3 Å². The summed E-state index contributed by atoms with van der Waals surface area (Å²) in [5.74, 6) is -1.82. The molecule has 0 saturated heterocycles. The van der Waals surface area contributed by atoms with Gasteiger partial charge in [0.1, 0.15) is 17.3 Å². The maximum Gasteiger partial charge on any atom is 0.407 e. The summed E-state index contributed by atoms with van der Waals surface area (Å²) in [4.78, 5) is 53.1. The van der Waals surface area contributed by atoms with Crippen LogP contribution in [0.25, 0.3) is 11.1 Å². The Morgan fingerprint density at radius 1 is 1.02 bits per heavy atom. The van der Waals surface area contributed by atoms with E-state index in [-0.39, 0.29) is 36.5 Å². The van der Waals surface area contributed by atoms with E-state index in [4.69, 9.17) is 9.47 Å². The van der Waals surface area contributed by atoms with Gasteiger partial charge in [-0.1, -0.05) is 30.3 Å². The van der Waals surface area contributed by atoms with E-state index in [1.54, 1.807) is 13.0 Å². The van der Waals surface area contributed by atoms with Crippen molar-refractivity contribution < 1.29 is 33.8 Å². The number of nitrogens with one attached hydrogen (secondary N) is 2. The Bertz CT molecular complexity index is 1230. The number of amides is 2. The number of alkyl carbamates (subject to hydrolysis) is 1. The maximum absolute atomic E-state index is 12.9. The molecule has 0 radical (unpaired) electrons. The molecule has 3 N–H and O–H groups in total. The van der Waals surface area contributed by atoms with Crippen molar-refractivity contribution >= 4 is 23.9 Å². The number of ether oxygens (including phenoxy) is 2. The van der Waals surface area contributed by atoms with Gasteiger partial charge in [0.25, 0.3) is 0 Å². The highest BCUT2D eigenvalue weighted by Gasteiger charge is 2.30. The number of carbonyl (C=O) groups is 4. The zero-order chi connectivity index (χ0) is 30.2. The summed E-state index contributed by atoms with van der Waals surface area (Å²) in [6.07, 6.45) is 2.50. The van der Waals surface area contributed by atoms with E-state index in [0.717, 1.165) is 29.5 Å². The molecule has 0 bridgehead atoms. The number of benzene rings is 1. The molecule has 10 nitrogen and oxygen atoms in total. The Morgan fingerprint density at radius 2 is 1.68 bits per heavy atom. The largest absolute Gasteiger partial charge is 0.480 e. The fourth-order valence-corrected chi connectivity index (χ4v) is 4.90. The number of pyridine rings is 1. The lowest BCUT2D eigenvalue weighted by atomic mass is 9.81. The standard InChI is InChI=1S/C31H41N3O7/c1-6-40-29(38)25-16-15-24(19(2)33-25)22-11-7-20(8-12-22)17-26(28(36)37)34-27(35)23-13-9-21(10-14-23)18-32-30(39)41-31(3,4)5/h7-8,11-12,15-16,21,23,26H,6,9-10,13-14,17-18H2,1-5H3,(H,32,39)(H,34,35)(H,36,37)/t21-,23-,26-/m0/s1. The molecule has 1 aromatic heterocycles. The number of hydrogen-bond donors (Lipinski definition) is 3. The topological polar surface area (TPSA) is 144 Å². The van der Waals surface area contributed by atoms with Crippen molar-refractivity contribution in [3.63, 3.8) is 0 Å². The monoisotopic (exact) mass is 567 g/mol. The molecule has 1 heterocycles. The summed E-state index contributed by atoms with van der Waals surface area (Å²) in [5.41, 5.74) is 2.86. The smallest absolute Gasteiger partial charge is 0.407 e. The lowest BCUT2D eigenvalue weighted by Gasteiger charge is -2.29. The second-order valence-electron chi connectivity index (χ2n) is 11.5. The van der Waals surface area contributed by atoms with Crippen molar-refractivity contribution in [2.24, 2.45) is 11.8 Å². The molecule has 1 saturated carbocycles. The average Bonchev–Trinajstić information content (AvgIpc) is 2.91. The zero-order valence-corrected chi connectivity index (χ0v) is 24.5. The van der Waals surface area contributed by atoms with E-state index < -0.39 is 29.7 Å². The summed E-state index contributed by atoms with van der Waals surface area (Å²) >= 11 is 0. The third-order valence-electron chi connectivity index (χ3n) is 7.04. The van der Waals surface area contributed by atoms with Crippen molar-refractivity contribution in [3.05, 3.63) is 53.3 Å². The molecular weight excluding hydrogens is 526 g/mol. The zero-order valence-electron chi connectivity index (χ0n) is 24.5. The summed E-state index contributed by atoms with van der Waals surface area (Å²) < 4.78 is 10.3. The molecule has 0 aliphatic heterocycles. The van der Waals surface area contributed by atoms with Gasteiger partial charge in [-0.3, -0.25) is 4.79 Å². The fourth-order valence-electron chi connectivity index (χ4n) is 4.90. The van der Waals surface area contributed by atoms with Crippen molar-refractivity contribution in [3.8, 4) is 11.1 Å². The number of nitrogens with zero attached hydrogens (tertiary/aromatic N) is 1. The molecule has 0 spiro atoms. The summed E-state index contributed by atoms with van der Waals surface area (Å²) in [6, 6.07) is 9.79. The van der Waals surface area contributed by atoms with Crippen LogP contribution in [0, 0.1) is 18.8 Å². The van der Waals surface area contributed by atoms with Crippen LogP contribution < -0.4 is 10.6 Å². The number of hydrogen-bond acceptors (Lipinski definition) is 7. The third kappa shape index (κ3) is 9.58. The van der Waals surface area contributed by atoms with E-state index in [0.29, 0.717) is 25.1 Å². The first-order valence-corrected chi connectivity index (χ1v) is 14.1. The Hall–Kier alpha value is -3.95. The van der Waals surface area contributed by atoms with E-state index in [1.165, 1.54) is 0 Å².